The molecular formula is C12H25NS. The molecule has 14 heavy (non-hydrogen) atoms. The predicted octanol–water partition coefficient (Wildman–Crippen LogP) is 3.28. The van der Waals surface area contributed by atoms with Crippen LogP contribution in [-0.4, -0.2) is 17.5 Å². The SMILES string of the molecule is CCC(C)CSCC(N)C1CCCC1. The minimum absolute atomic E-state index is 0.464. The van der Waals surface area contributed by atoms with Gasteiger partial charge in [0.1, 0.15) is 0 Å². The van der Waals surface area contributed by atoms with Gasteiger partial charge in [-0.2, -0.15) is 11.8 Å². The molecule has 0 bridgehead atoms. The Kier molecular flexibility index (Phi) is 5.95. The average Bonchev–Trinajstić information content (AvgIpc) is 2.70. The standard InChI is InChI=1S/C12H25NS/c1-3-10(2)8-14-9-12(13)11-6-4-5-7-11/h10-12H,3-9,13H2,1-2H3. The maximum absolute atomic E-state index is 6.19. The van der Waals surface area contributed by atoms with Crippen molar-refractivity contribution < 1.29 is 0 Å². The Hall–Kier alpha value is 0.310. The summed E-state index contributed by atoms with van der Waals surface area (Å²) < 4.78 is 0. The van der Waals surface area contributed by atoms with Crippen LogP contribution < -0.4 is 5.73 Å². The van der Waals surface area contributed by atoms with E-state index in [1.165, 1.54) is 43.6 Å². The third-order valence-electron chi connectivity index (χ3n) is 3.41. The topological polar surface area (TPSA) is 26.0 Å². The van der Waals surface area contributed by atoms with Gasteiger partial charge < -0.3 is 5.73 Å². The zero-order valence-corrected chi connectivity index (χ0v) is 10.5. The second-order valence-corrected chi connectivity index (χ2v) is 5.83. The van der Waals surface area contributed by atoms with Crippen molar-refractivity contribution in [1.29, 1.82) is 0 Å². The molecule has 2 N–H and O–H groups in total. The third kappa shape index (κ3) is 4.22. The molecule has 1 aliphatic rings. The van der Waals surface area contributed by atoms with Crippen LogP contribution in [0.3, 0.4) is 0 Å². The molecule has 1 rings (SSSR count). The lowest BCUT2D eigenvalue weighted by molar-refractivity contribution is 0.463. The van der Waals surface area contributed by atoms with Gasteiger partial charge in [-0.05, 0) is 30.4 Å². The van der Waals surface area contributed by atoms with E-state index in [9.17, 15) is 0 Å². The third-order valence-corrected chi connectivity index (χ3v) is 4.84. The molecule has 2 heteroatoms. The lowest BCUT2D eigenvalue weighted by atomic mass is 10.0. The highest BCUT2D eigenvalue weighted by molar-refractivity contribution is 7.99. The maximum Gasteiger partial charge on any atom is 0.0158 e. The van der Waals surface area contributed by atoms with Crippen molar-refractivity contribution >= 4 is 11.8 Å². The molecule has 2 unspecified atom stereocenters. The quantitative estimate of drug-likeness (QED) is 0.736. The minimum Gasteiger partial charge on any atom is -0.327 e. The van der Waals surface area contributed by atoms with Gasteiger partial charge in [-0.3, -0.25) is 0 Å². The zero-order valence-electron chi connectivity index (χ0n) is 9.67. The molecule has 1 fully saturated rings. The maximum atomic E-state index is 6.19. The second kappa shape index (κ2) is 6.73. The molecule has 0 amide bonds. The molecule has 0 aromatic carbocycles. The molecule has 0 heterocycles. The van der Waals surface area contributed by atoms with Crippen LogP contribution in [0.15, 0.2) is 0 Å². The van der Waals surface area contributed by atoms with Gasteiger partial charge in [-0.1, -0.05) is 33.1 Å². The molecule has 1 nitrogen and oxygen atoms in total. The highest BCUT2D eigenvalue weighted by Crippen LogP contribution is 2.28. The normalized spacial score (nSPS) is 22.5. The summed E-state index contributed by atoms with van der Waals surface area (Å²) >= 11 is 2.06. The largest absolute Gasteiger partial charge is 0.327 e. The molecule has 0 radical (unpaired) electrons. The van der Waals surface area contributed by atoms with Crippen LogP contribution in [0, 0.1) is 11.8 Å². The Morgan fingerprint density at radius 3 is 2.50 bits per heavy atom. The smallest absolute Gasteiger partial charge is 0.0158 e. The van der Waals surface area contributed by atoms with E-state index in [-0.39, 0.29) is 0 Å². The molecular weight excluding hydrogens is 190 g/mol. The van der Waals surface area contributed by atoms with E-state index in [1.54, 1.807) is 0 Å². The molecule has 0 aromatic heterocycles. The summed E-state index contributed by atoms with van der Waals surface area (Å²) in [4.78, 5) is 0. The zero-order chi connectivity index (χ0) is 10.4. The van der Waals surface area contributed by atoms with E-state index in [4.69, 9.17) is 5.73 Å². The van der Waals surface area contributed by atoms with Gasteiger partial charge in [0.15, 0.2) is 0 Å². The van der Waals surface area contributed by atoms with Crippen LogP contribution in [0.4, 0.5) is 0 Å². The minimum atomic E-state index is 0.464. The molecule has 84 valence electrons. The Morgan fingerprint density at radius 2 is 1.93 bits per heavy atom. The van der Waals surface area contributed by atoms with Crippen molar-refractivity contribution in [3.63, 3.8) is 0 Å². The Bertz CT molecular complexity index is 143. The van der Waals surface area contributed by atoms with Crippen LogP contribution in [0.25, 0.3) is 0 Å². The predicted molar refractivity (Wildman–Crippen MR) is 66.7 cm³/mol. The lowest BCUT2D eigenvalue weighted by Gasteiger charge is -2.19. The molecule has 0 aliphatic heterocycles. The van der Waals surface area contributed by atoms with Crippen molar-refractivity contribution in [1.82, 2.24) is 0 Å². The van der Waals surface area contributed by atoms with Gasteiger partial charge in [-0.25, -0.2) is 0 Å². The summed E-state index contributed by atoms with van der Waals surface area (Å²) in [7, 11) is 0. The van der Waals surface area contributed by atoms with E-state index in [0.717, 1.165) is 11.8 Å². The van der Waals surface area contributed by atoms with Gasteiger partial charge in [0, 0.05) is 11.8 Å². The van der Waals surface area contributed by atoms with Crippen LogP contribution in [0.5, 0.6) is 0 Å². The Labute approximate surface area is 93.2 Å². The van der Waals surface area contributed by atoms with Crippen LogP contribution in [0.1, 0.15) is 46.0 Å². The molecule has 0 saturated heterocycles. The number of rotatable bonds is 6. The fourth-order valence-electron chi connectivity index (χ4n) is 2.04. The van der Waals surface area contributed by atoms with E-state index >= 15 is 0 Å². The molecule has 1 saturated carbocycles. The summed E-state index contributed by atoms with van der Waals surface area (Å²) in [5.74, 6) is 4.15. The Balaban J connectivity index is 2.05. The van der Waals surface area contributed by atoms with Crippen molar-refractivity contribution in [2.45, 2.75) is 52.0 Å². The molecule has 1 aliphatic carbocycles. The second-order valence-electron chi connectivity index (χ2n) is 4.76. The molecule has 0 aromatic rings. The van der Waals surface area contributed by atoms with Gasteiger partial charge in [0.2, 0.25) is 0 Å². The van der Waals surface area contributed by atoms with Gasteiger partial charge in [-0.15, -0.1) is 0 Å². The summed E-state index contributed by atoms with van der Waals surface area (Å²) in [6.07, 6.45) is 6.88. The monoisotopic (exact) mass is 215 g/mol. The van der Waals surface area contributed by atoms with Gasteiger partial charge in [0.25, 0.3) is 0 Å². The van der Waals surface area contributed by atoms with Gasteiger partial charge in [0.05, 0.1) is 0 Å². The molecule has 0 spiro atoms. The number of thioether (sulfide) groups is 1. The van der Waals surface area contributed by atoms with Crippen molar-refractivity contribution in [3.8, 4) is 0 Å². The summed E-state index contributed by atoms with van der Waals surface area (Å²) in [5.41, 5.74) is 6.19. The first kappa shape index (κ1) is 12.4. The number of hydrogen-bond donors (Lipinski definition) is 1. The summed E-state index contributed by atoms with van der Waals surface area (Å²) in [6.45, 7) is 4.59. The molecule has 2 atom stereocenters. The highest BCUT2D eigenvalue weighted by Gasteiger charge is 2.21. The first-order valence-electron chi connectivity index (χ1n) is 6.07. The van der Waals surface area contributed by atoms with Gasteiger partial charge >= 0.3 is 0 Å². The highest BCUT2D eigenvalue weighted by atomic mass is 32.2. The summed E-state index contributed by atoms with van der Waals surface area (Å²) in [5, 5.41) is 0. The first-order valence-corrected chi connectivity index (χ1v) is 7.22. The van der Waals surface area contributed by atoms with Crippen LogP contribution in [0.2, 0.25) is 0 Å². The summed E-state index contributed by atoms with van der Waals surface area (Å²) in [6, 6.07) is 0.464. The van der Waals surface area contributed by atoms with E-state index in [2.05, 4.69) is 25.6 Å². The van der Waals surface area contributed by atoms with E-state index in [0.29, 0.717) is 6.04 Å². The number of hydrogen-bond acceptors (Lipinski definition) is 2. The van der Waals surface area contributed by atoms with Crippen LogP contribution in [-0.2, 0) is 0 Å². The van der Waals surface area contributed by atoms with Crippen molar-refractivity contribution in [2.75, 3.05) is 11.5 Å². The Morgan fingerprint density at radius 1 is 1.29 bits per heavy atom. The van der Waals surface area contributed by atoms with E-state index in [1.807, 2.05) is 0 Å². The van der Waals surface area contributed by atoms with Crippen molar-refractivity contribution in [3.05, 3.63) is 0 Å². The van der Waals surface area contributed by atoms with Crippen molar-refractivity contribution in [2.24, 2.45) is 17.6 Å². The fourth-order valence-corrected chi connectivity index (χ4v) is 3.36. The fraction of sp³-hybridized carbons (Fsp3) is 1.00. The average molecular weight is 215 g/mol. The lowest BCUT2D eigenvalue weighted by Crippen LogP contribution is -2.31. The van der Waals surface area contributed by atoms with E-state index < -0.39 is 0 Å². The first-order chi connectivity index (χ1) is 6.74. The van der Waals surface area contributed by atoms with Crippen LogP contribution >= 0.6 is 11.8 Å². The number of nitrogens with two attached hydrogens (primary N) is 1.